The van der Waals surface area contributed by atoms with E-state index in [1.807, 2.05) is 67.5 Å². The Kier molecular flexibility index (Phi) is 27.4. The van der Waals surface area contributed by atoms with Crippen LogP contribution in [0.1, 0.15) is 279 Å². The first kappa shape index (κ1) is 87.4. The number of ketones is 2. The quantitative estimate of drug-likeness (QED) is 0.0483. The van der Waals surface area contributed by atoms with Crippen molar-refractivity contribution < 1.29 is 96.9 Å². The van der Waals surface area contributed by atoms with Gasteiger partial charge in [-0.1, -0.05) is 182 Å². The predicted octanol–water partition coefficient (Wildman–Crippen LogP) is 16.3. The van der Waals surface area contributed by atoms with E-state index >= 15 is 0 Å². The van der Waals surface area contributed by atoms with Gasteiger partial charge in [0.05, 0.1) is 51.2 Å². The van der Waals surface area contributed by atoms with Crippen LogP contribution in [0.15, 0.2) is 121 Å². The molecule has 4 saturated carbocycles. The van der Waals surface area contributed by atoms with Crippen LogP contribution in [0.25, 0.3) is 0 Å². The van der Waals surface area contributed by atoms with Crippen molar-refractivity contribution in [3.8, 4) is 0 Å². The van der Waals surface area contributed by atoms with Gasteiger partial charge in [-0.25, -0.2) is 33.6 Å². The smallest absolute Gasteiger partial charge is 0.373 e. The van der Waals surface area contributed by atoms with Crippen molar-refractivity contribution >= 4 is 59.5 Å². The zero-order chi connectivity index (χ0) is 80.0. The van der Waals surface area contributed by atoms with E-state index in [1.54, 1.807) is 81.4 Å². The molecule has 0 bridgehead atoms. The van der Waals surface area contributed by atoms with E-state index in [0.29, 0.717) is 56.3 Å². The molecule has 4 fully saturated rings. The lowest BCUT2D eigenvalue weighted by Gasteiger charge is -2.62. The number of aliphatic hydroxyl groups excluding tert-OH is 2. The highest BCUT2D eigenvalue weighted by Gasteiger charge is 2.67. The maximum Gasteiger partial charge on any atom is 0.373 e. The number of carbonyl (C=O) groups excluding carboxylic acids is 9. The molecule has 20 heteroatoms. The van der Waals surface area contributed by atoms with Crippen LogP contribution in [0.4, 0.5) is 0 Å². The van der Waals surface area contributed by atoms with Crippen molar-refractivity contribution in [2.24, 2.45) is 55.2 Å². The Labute approximate surface area is 613 Å². The maximum atomic E-state index is 12.9. The van der Waals surface area contributed by atoms with Gasteiger partial charge in [-0.15, -0.1) is 0 Å². The molecule has 566 valence electrons. The van der Waals surface area contributed by atoms with E-state index < -0.39 is 64.5 Å². The number of carboxylic acid groups (broad SMARTS) is 2. The van der Waals surface area contributed by atoms with Gasteiger partial charge < -0.3 is 44.1 Å². The number of ether oxygens (including phenoxy) is 5. The van der Waals surface area contributed by atoms with Gasteiger partial charge in [0.15, 0.2) is 11.6 Å². The minimum atomic E-state index is -1.01. The van der Waals surface area contributed by atoms with Gasteiger partial charge in [-0.3, -0.25) is 9.59 Å². The summed E-state index contributed by atoms with van der Waals surface area (Å²) in [6.07, 6.45) is -1.77. The first-order chi connectivity index (χ1) is 47.3. The average molecular weight is 1440 g/mol. The molecule has 20 nitrogen and oxygen atoms in total. The fourth-order valence-electron chi connectivity index (χ4n) is 15.3. The largest absolute Gasteiger partial charge is 0.478 e. The highest BCUT2D eigenvalue weighted by molar-refractivity contribution is 5.98. The standard InChI is InChI=1S/C29H34O7.C18H24O3.C17H22O4.C11H14O2.C8H16O2.CO2/c1-17(30)18-9-11-19(12-10-18)22(31)34-25-28(5,6)26(29(25,7)8)35-23(32)20-13-15-21(16-14-20)24(33)36-27(2,3)4;1-11(19)13-7-9-14(10-8-13)15(20)21-16-17(3,4)12(2)18(16,5)6;1-10-16(2,3)15(17(10,4)5)21-14(20)12-8-6-11(7-9-12)13(18)19;1-11(2,3)9-6-4-8(5-7-9)10(12)13;1-7(2)5(9)8(3,4)6(7)10;2-1-3/h9-16,25-26H,1-8H3;7-10,12,16H,1-6H3;6-10,15H,1-5H3,(H,18,19);4-7H,1-3H3,(H,12,13);5-6,9-10H,1-4H3;. The van der Waals surface area contributed by atoms with E-state index in [1.165, 1.54) is 62.4 Å². The molecule has 0 atom stereocenters. The zero-order valence-electron chi connectivity index (χ0n) is 65.5. The van der Waals surface area contributed by atoms with Crippen molar-refractivity contribution in [1.29, 1.82) is 0 Å². The lowest BCUT2D eigenvalue weighted by molar-refractivity contribution is -0.247. The minimum absolute atomic E-state index is 0.00926. The summed E-state index contributed by atoms with van der Waals surface area (Å²) >= 11 is 0. The third kappa shape index (κ3) is 19.7. The first-order valence-electron chi connectivity index (χ1n) is 34.8. The van der Waals surface area contributed by atoms with E-state index in [9.17, 15) is 53.4 Å². The monoisotopic (exact) mass is 1440 g/mol. The summed E-state index contributed by atoms with van der Waals surface area (Å²) in [5.41, 5.74) is 2.05. The van der Waals surface area contributed by atoms with Gasteiger partial charge in [0, 0.05) is 54.4 Å². The zero-order valence-corrected chi connectivity index (χ0v) is 65.5. The van der Waals surface area contributed by atoms with Crippen LogP contribution in [-0.2, 0) is 38.7 Å². The molecule has 4 aliphatic carbocycles. The van der Waals surface area contributed by atoms with Gasteiger partial charge in [-0.2, -0.15) is 9.59 Å². The molecule has 0 aromatic heterocycles. The molecule has 0 saturated heterocycles. The van der Waals surface area contributed by atoms with Crippen LogP contribution in [0.2, 0.25) is 0 Å². The molecular formula is C84H110O20. The highest BCUT2D eigenvalue weighted by atomic mass is 16.6. The minimum Gasteiger partial charge on any atom is -0.478 e. The third-order valence-corrected chi connectivity index (χ3v) is 21.8. The number of rotatable bonds is 13. The molecule has 0 heterocycles. The Morgan fingerprint density at radius 3 is 0.712 bits per heavy atom. The van der Waals surface area contributed by atoms with Crippen molar-refractivity contribution in [1.82, 2.24) is 0 Å². The second-order valence-corrected chi connectivity index (χ2v) is 34.4. The number of benzene rings is 5. The van der Waals surface area contributed by atoms with Crippen LogP contribution in [0.5, 0.6) is 0 Å². The maximum absolute atomic E-state index is 12.9. The summed E-state index contributed by atoms with van der Waals surface area (Å²) in [6, 6.07) is 31.9. The summed E-state index contributed by atoms with van der Waals surface area (Å²) in [5.74, 6) is -3.24. The number of esters is 5. The SMILES string of the molecule is CC(=O)c1ccc(C(=O)OC2C(C)(C)C(C)C2(C)C)cc1.CC(=O)c1ccc(C(=O)OC2C(C)(C)C(OC(=O)c3ccc(C(=O)OC(C)(C)C)cc3)C2(C)C)cc1.CC(C)(C)c1ccc(C(=O)O)cc1.CC1(C)C(O)C(C)(C)C1O.CC1C(C)(C)C(OC(=O)c2ccc(C(=O)O)cc2)C1(C)C.O=C=O. The summed E-state index contributed by atoms with van der Waals surface area (Å²) in [6.45, 7) is 51.1. The molecule has 4 aliphatic rings. The molecule has 0 radical (unpaired) electrons. The lowest BCUT2D eigenvalue weighted by atomic mass is 9.46. The van der Waals surface area contributed by atoms with E-state index in [0.717, 1.165) is 5.56 Å². The van der Waals surface area contributed by atoms with Crippen LogP contribution in [0.3, 0.4) is 0 Å². The molecule has 104 heavy (non-hydrogen) atoms. The first-order valence-corrected chi connectivity index (χ1v) is 34.8. The normalized spacial score (nSPS) is 22.9. The summed E-state index contributed by atoms with van der Waals surface area (Å²) in [4.78, 5) is 123. The Morgan fingerprint density at radius 2 is 0.519 bits per heavy atom. The average Bonchev–Trinajstić information content (AvgIpc) is 0.729. The number of carbonyl (C=O) groups is 9. The second kappa shape index (κ2) is 32.6. The second-order valence-electron chi connectivity index (χ2n) is 34.4. The molecule has 0 spiro atoms. The third-order valence-electron chi connectivity index (χ3n) is 21.8. The molecule has 5 aromatic rings. The highest BCUT2D eigenvalue weighted by Crippen LogP contribution is 2.62. The van der Waals surface area contributed by atoms with Crippen LogP contribution >= 0.6 is 0 Å². The van der Waals surface area contributed by atoms with Gasteiger partial charge >= 0.3 is 47.9 Å². The Bertz CT molecular complexity index is 3760. The van der Waals surface area contributed by atoms with Gasteiger partial charge in [0.25, 0.3) is 0 Å². The molecule has 5 aromatic carbocycles. The van der Waals surface area contributed by atoms with Crippen LogP contribution in [-0.4, -0.2) is 122 Å². The summed E-state index contributed by atoms with van der Waals surface area (Å²) in [7, 11) is 0. The molecule has 0 unspecified atom stereocenters. The van der Waals surface area contributed by atoms with Gasteiger partial charge in [0.1, 0.15) is 30.0 Å². The Hall–Kier alpha value is -8.97. The summed E-state index contributed by atoms with van der Waals surface area (Å²) < 4.78 is 28.5. The van der Waals surface area contributed by atoms with Crippen LogP contribution in [0, 0.1) is 55.2 Å². The predicted molar refractivity (Wildman–Crippen MR) is 392 cm³/mol. The fraction of sp³-hybridized carbons (Fsp3) is 0.524. The number of hydrogen-bond acceptors (Lipinski definition) is 18. The number of carboxylic acids is 2. The van der Waals surface area contributed by atoms with E-state index in [-0.39, 0.29) is 91.6 Å². The van der Waals surface area contributed by atoms with Crippen molar-refractivity contribution in [3.63, 3.8) is 0 Å². The fourth-order valence-corrected chi connectivity index (χ4v) is 15.3. The van der Waals surface area contributed by atoms with Crippen molar-refractivity contribution in [3.05, 3.63) is 177 Å². The molecule has 0 aliphatic heterocycles. The number of hydrogen-bond donors (Lipinski definition) is 4. The van der Waals surface area contributed by atoms with E-state index in [2.05, 4.69) is 90.0 Å². The summed E-state index contributed by atoms with van der Waals surface area (Å²) in [5, 5.41) is 36.6. The van der Waals surface area contributed by atoms with Crippen LogP contribution < -0.4 is 0 Å². The number of Topliss-reactive ketones (excluding diaryl/α,β-unsaturated/α-hetero) is 2. The van der Waals surface area contributed by atoms with Crippen molar-refractivity contribution in [2.45, 2.75) is 228 Å². The molecule has 9 rings (SSSR count). The topological polar surface area (TPSA) is 315 Å². The molecule has 4 N–H and O–H groups in total. The van der Waals surface area contributed by atoms with Gasteiger partial charge in [0.2, 0.25) is 0 Å². The van der Waals surface area contributed by atoms with Gasteiger partial charge in [-0.05, 0) is 142 Å². The lowest BCUT2D eigenvalue weighted by Crippen LogP contribution is -2.69. The Balaban J connectivity index is 0.000000291. The van der Waals surface area contributed by atoms with E-state index in [4.69, 9.17) is 43.5 Å². The number of aromatic carboxylic acids is 2. The molecular weight excluding hydrogens is 1330 g/mol. The Morgan fingerprint density at radius 1 is 0.327 bits per heavy atom. The molecule has 0 amide bonds. The van der Waals surface area contributed by atoms with Crippen molar-refractivity contribution in [2.75, 3.05) is 0 Å². The number of aliphatic hydroxyl groups is 2.